The standard InChI is InChI=1S/C18H14F3N3/c1-10-13-7-2-3-8-14(13)16-15(10)17(24-23-16)22-12-6-4-5-11(9-12)18(19,20)21/h2-9,22-24H,1H3. The third-order valence-electron chi connectivity index (χ3n) is 4.25. The Morgan fingerprint density at radius 2 is 1.67 bits per heavy atom. The van der Waals surface area contributed by atoms with Crippen LogP contribution in [0.4, 0.5) is 24.7 Å². The van der Waals surface area contributed by atoms with E-state index in [1.165, 1.54) is 6.07 Å². The fraction of sp³-hybridized carbons (Fsp3) is 0.111. The van der Waals surface area contributed by atoms with E-state index in [2.05, 4.69) is 15.5 Å². The van der Waals surface area contributed by atoms with Crippen LogP contribution in [0.2, 0.25) is 0 Å². The first-order valence-corrected chi connectivity index (χ1v) is 7.47. The summed E-state index contributed by atoms with van der Waals surface area (Å²) >= 11 is 0. The highest BCUT2D eigenvalue weighted by molar-refractivity contribution is 6.07. The summed E-state index contributed by atoms with van der Waals surface area (Å²) in [5, 5.41) is 11.4. The second-order valence-corrected chi connectivity index (χ2v) is 5.75. The molecule has 2 aromatic carbocycles. The van der Waals surface area contributed by atoms with Crippen LogP contribution in [0.15, 0.2) is 48.5 Å². The van der Waals surface area contributed by atoms with E-state index >= 15 is 0 Å². The molecule has 0 fully saturated rings. The number of alkyl halides is 3. The molecule has 0 radical (unpaired) electrons. The summed E-state index contributed by atoms with van der Waals surface area (Å²) in [5.41, 5.74) is 2.68. The van der Waals surface area contributed by atoms with Gasteiger partial charge >= 0.3 is 6.18 Å². The number of rotatable bonds is 2. The molecule has 0 saturated heterocycles. The average Bonchev–Trinajstić information content (AvgIpc) is 3.08. The van der Waals surface area contributed by atoms with Gasteiger partial charge < -0.3 is 5.32 Å². The fourth-order valence-electron chi connectivity index (χ4n) is 3.13. The van der Waals surface area contributed by atoms with Crippen molar-refractivity contribution in [3.8, 4) is 11.3 Å². The van der Waals surface area contributed by atoms with Gasteiger partial charge in [-0.05, 0) is 36.1 Å². The van der Waals surface area contributed by atoms with Crippen LogP contribution >= 0.6 is 0 Å². The highest BCUT2D eigenvalue weighted by Crippen LogP contribution is 2.42. The van der Waals surface area contributed by atoms with Crippen molar-refractivity contribution in [3.05, 3.63) is 59.7 Å². The fourth-order valence-corrected chi connectivity index (χ4v) is 3.13. The molecule has 3 nitrogen and oxygen atoms in total. The lowest BCUT2D eigenvalue weighted by molar-refractivity contribution is -0.137. The Hall–Kier alpha value is -2.89. The zero-order chi connectivity index (χ0) is 16.9. The minimum Gasteiger partial charge on any atom is -0.340 e. The van der Waals surface area contributed by atoms with Crippen LogP contribution in [0.1, 0.15) is 11.1 Å². The number of fused-ring (bicyclic) bond motifs is 3. The van der Waals surface area contributed by atoms with Gasteiger partial charge in [-0.2, -0.15) is 13.2 Å². The van der Waals surface area contributed by atoms with Gasteiger partial charge in [-0.1, -0.05) is 30.3 Å². The zero-order valence-corrected chi connectivity index (χ0v) is 12.8. The number of benzene rings is 2. The van der Waals surface area contributed by atoms with Crippen molar-refractivity contribution in [1.29, 1.82) is 0 Å². The molecular formula is C18H14F3N3. The van der Waals surface area contributed by atoms with E-state index in [1.54, 1.807) is 6.07 Å². The number of hydrogen-bond acceptors (Lipinski definition) is 1. The Labute approximate surface area is 135 Å². The van der Waals surface area contributed by atoms with Crippen LogP contribution in [0.3, 0.4) is 0 Å². The quantitative estimate of drug-likeness (QED) is 0.436. The van der Waals surface area contributed by atoms with E-state index < -0.39 is 11.7 Å². The Morgan fingerprint density at radius 1 is 0.917 bits per heavy atom. The molecular weight excluding hydrogens is 315 g/mol. The van der Waals surface area contributed by atoms with Gasteiger partial charge in [-0.15, -0.1) is 0 Å². The lowest BCUT2D eigenvalue weighted by atomic mass is 10.1. The molecule has 0 saturated carbocycles. The van der Waals surface area contributed by atoms with Gasteiger partial charge in [0, 0.05) is 16.6 Å². The summed E-state index contributed by atoms with van der Waals surface area (Å²) in [6.45, 7) is 2.00. The largest absolute Gasteiger partial charge is 0.416 e. The van der Waals surface area contributed by atoms with Gasteiger partial charge in [-0.3, -0.25) is 10.2 Å². The molecule has 0 aromatic heterocycles. The molecule has 1 aliphatic carbocycles. The van der Waals surface area contributed by atoms with Crippen molar-refractivity contribution < 1.29 is 13.2 Å². The predicted octanol–water partition coefficient (Wildman–Crippen LogP) is 5.67. The minimum atomic E-state index is -4.36. The van der Waals surface area contributed by atoms with E-state index in [0.29, 0.717) is 11.5 Å². The molecule has 4 rings (SSSR count). The Morgan fingerprint density at radius 3 is 2.42 bits per heavy atom. The third kappa shape index (κ3) is 2.22. The molecule has 2 aliphatic rings. The summed E-state index contributed by atoms with van der Waals surface area (Å²) in [4.78, 5) is 0. The van der Waals surface area contributed by atoms with Crippen LogP contribution in [-0.4, -0.2) is 10.2 Å². The van der Waals surface area contributed by atoms with Gasteiger partial charge in [0.1, 0.15) is 5.82 Å². The van der Waals surface area contributed by atoms with Crippen molar-refractivity contribution in [2.75, 3.05) is 5.32 Å². The second-order valence-electron chi connectivity index (χ2n) is 5.75. The first-order chi connectivity index (χ1) is 11.4. The Kier molecular flexibility index (Phi) is 3.09. The van der Waals surface area contributed by atoms with E-state index in [0.717, 1.165) is 39.7 Å². The van der Waals surface area contributed by atoms with Crippen molar-refractivity contribution in [2.24, 2.45) is 0 Å². The van der Waals surface area contributed by atoms with Crippen molar-refractivity contribution >= 4 is 22.3 Å². The summed E-state index contributed by atoms with van der Waals surface area (Å²) in [7, 11) is 0. The van der Waals surface area contributed by atoms with E-state index in [1.807, 2.05) is 31.2 Å². The first-order valence-electron chi connectivity index (χ1n) is 7.47. The number of anilines is 2. The number of H-pyrrole nitrogens is 2. The van der Waals surface area contributed by atoms with Crippen LogP contribution in [0, 0.1) is 6.92 Å². The maximum absolute atomic E-state index is 12.9. The van der Waals surface area contributed by atoms with E-state index in [4.69, 9.17) is 0 Å². The minimum absolute atomic E-state index is 0.381. The number of hydrogen-bond donors (Lipinski definition) is 3. The smallest absolute Gasteiger partial charge is 0.340 e. The SMILES string of the molecule is Cc1c2c(Nc3cccc(C(F)(F)F)c3)[nH][nH]c-2c2ccccc12. The van der Waals surface area contributed by atoms with Crippen molar-refractivity contribution in [1.82, 2.24) is 10.2 Å². The van der Waals surface area contributed by atoms with Gasteiger partial charge in [0.25, 0.3) is 0 Å². The highest BCUT2D eigenvalue weighted by Gasteiger charge is 2.30. The van der Waals surface area contributed by atoms with Crippen LogP contribution in [0.25, 0.3) is 22.0 Å². The molecule has 0 atom stereocenters. The maximum atomic E-state index is 12.9. The molecule has 6 heteroatoms. The molecule has 24 heavy (non-hydrogen) atoms. The lowest BCUT2D eigenvalue weighted by Gasteiger charge is -2.10. The molecule has 122 valence electrons. The van der Waals surface area contributed by atoms with E-state index in [9.17, 15) is 13.2 Å². The number of nitrogens with one attached hydrogen (secondary N) is 3. The number of aromatic nitrogens is 2. The summed E-state index contributed by atoms with van der Waals surface area (Å²) in [5.74, 6) is 0.651. The molecule has 0 amide bonds. The van der Waals surface area contributed by atoms with Gasteiger partial charge in [0.05, 0.1) is 11.3 Å². The number of aromatic amines is 2. The Bertz CT molecular complexity index is 994. The molecule has 0 unspecified atom stereocenters. The maximum Gasteiger partial charge on any atom is 0.416 e. The molecule has 2 aromatic rings. The van der Waals surface area contributed by atoms with E-state index in [-0.39, 0.29) is 0 Å². The Balaban J connectivity index is 1.77. The molecule has 3 N–H and O–H groups in total. The summed E-state index contributed by atoms with van der Waals surface area (Å²) in [6, 6.07) is 13.1. The van der Waals surface area contributed by atoms with Crippen molar-refractivity contribution in [2.45, 2.75) is 13.1 Å². The summed E-state index contributed by atoms with van der Waals surface area (Å²) in [6.07, 6.45) is -4.36. The first kappa shape index (κ1) is 14.7. The van der Waals surface area contributed by atoms with Gasteiger partial charge in [0.2, 0.25) is 0 Å². The molecule has 0 bridgehead atoms. The number of aryl methyl sites for hydroxylation is 1. The monoisotopic (exact) mass is 329 g/mol. The third-order valence-corrected chi connectivity index (χ3v) is 4.25. The molecule has 1 heterocycles. The van der Waals surface area contributed by atoms with Crippen molar-refractivity contribution in [3.63, 3.8) is 0 Å². The normalized spacial score (nSPS) is 12.2. The van der Waals surface area contributed by atoms with Crippen LogP contribution in [-0.2, 0) is 6.18 Å². The summed E-state index contributed by atoms with van der Waals surface area (Å²) < 4.78 is 38.6. The molecule has 0 spiro atoms. The average molecular weight is 329 g/mol. The second kappa shape index (κ2) is 5.06. The van der Waals surface area contributed by atoms with Gasteiger partial charge in [0.15, 0.2) is 0 Å². The van der Waals surface area contributed by atoms with Crippen LogP contribution < -0.4 is 5.32 Å². The topological polar surface area (TPSA) is 43.6 Å². The van der Waals surface area contributed by atoms with Crippen LogP contribution in [0.5, 0.6) is 0 Å². The number of halogens is 3. The molecule has 1 aliphatic heterocycles. The predicted molar refractivity (Wildman–Crippen MR) is 88.7 cm³/mol. The highest BCUT2D eigenvalue weighted by atomic mass is 19.4. The van der Waals surface area contributed by atoms with Gasteiger partial charge in [-0.25, -0.2) is 0 Å². The lowest BCUT2D eigenvalue weighted by Crippen LogP contribution is -2.05. The zero-order valence-electron chi connectivity index (χ0n) is 12.8.